The molecular weight excluding hydrogens is 367 g/mol. The zero-order chi connectivity index (χ0) is 20.0. The number of amides is 1. The molecule has 10 heteroatoms. The van der Waals surface area contributed by atoms with Crippen LogP contribution in [0, 0.1) is 0 Å². The number of aliphatic carboxylic acids is 1. The fourth-order valence-electron chi connectivity index (χ4n) is 2.16. The van der Waals surface area contributed by atoms with Crippen LogP contribution in [0.15, 0.2) is 54.9 Å². The van der Waals surface area contributed by atoms with Crippen molar-refractivity contribution in [3.05, 3.63) is 66.0 Å². The molecule has 2 aromatic carbocycles. The molecule has 1 aromatic heterocycles. The molecule has 0 saturated heterocycles. The van der Waals surface area contributed by atoms with Crippen molar-refractivity contribution in [2.45, 2.75) is 12.7 Å². The summed E-state index contributed by atoms with van der Waals surface area (Å²) in [5.41, 5.74) is 5.13. The highest BCUT2D eigenvalue weighted by molar-refractivity contribution is 5.93. The zero-order valence-corrected chi connectivity index (χ0v) is 13.6. The van der Waals surface area contributed by atoms with Gasteiger partial charge < -0.3 is 9.67 Å². The summed E-state index contributed by atoms with van der Waals surface area (Å²) in [6.45, 7) is 0.682. The van der Waals surface area contributed by atoms with E-state index in [0.717, 1.165) is 16.6 Å². The Kier molecular flexibility index (Phi) is 6.14. The Bertz CT molecular complexity index is 936. The van der Waals surface area contributed by atoms with Gasteiger partial charge in [0, 0.05) is 12.1 Å². The lowest BCUT2D eigenvalue weighted by Crippen LogP contribution is -2.21. The van der Waals surface area contributed by atoms with Gasteiger partial charge in [-0.15, -0.1) is 0 Å². The van der Waals surface area contributed by atoms with E-state index in [1.807, 2.05) is 36.4 Å². The summed E-state index contributed by atoms with van der Waals surface area (Å²) >= 11 is 0. The SMILES string of the molecule is O=C(NO)c1ccc(Cn2cnc3ccccc32)cc1.O=C(O)C(F)(F)F. The number of alkyl halides is 3. The number of hydrogen-bond donors (Lipinski definition) is 3. The number of halogens is 3. The van der Waals surface area contributed by atoms with Crippen molar-refractivity contribution in [1.29, 1.82) is 0 Å². The largest absolute Gasteiger partial charge is 0.490 e. The predicted octanol–water partition coefficient (Wildman–Crippen LogP) is 2.84. The van der Waals surface area contributed by atoms with Crippen LogP contribution in [0.1, 0.15) is 15.9 Å². The van der Waals surface area contributed by atoms with E-state index < -0.39 is 18.1 Å². The minimum Gasteiger partial charge on any atom is -0.475 e. The Morgan fingerprint density at radius 3 is 2.22 bits per heavy atom. The first kappa shape index (κ1) is 19.9. The van der Waals surface area contributed by atoms with Crippen molar-refractivity contribution in [3.63, 3.8) is 0 Å². The molecule has 0 bridgehead atoms. The van der Waals surface area contributed by atoms with Gasteiger partial charge >= 0.3 is 12.1 Å². The molecule has 3 rings (SSSR count). The third-order valence-electron chi connectivity index (χ3n) is 3.44. The Hall–Kier alpha value is -3.40. The molecule has 0 fully saturated rings. The highest BCUT2D eigenvalue weighted by Crippen LogP contribution is 2.15. The Labute approximate surface area is 150 Å². The molecule has 0 unspecified atom stereocenters. The Morgan fingerprint density at radius 2 is 1.67 bits per heavy atom. The number of carboxylic acids is 1. The van der Waals surface area contributed by atoms with Gasteiger partial charge in [-0.1, -0.05) is 24.3 Å². The molecule has 0 aliphatic carbocycles. The van der Waals surface area contributed by atoms with Gasteiger partial charge in [-0.2, -0.15) is 13.2 Å². The van der Waals surface area contributed by atoms with Gasteiger partial charge in [0.1, 0.15) is 0 Å². The van der Waals surface area contributed by atoms with E-state index in [-0.39, 0.29) is 0 Å². The lowest BCUT2D eigenvalue weighted by atomic mass is 10.1. The smallest absolute Gasteiger partial charge is 0.475 e. The number of para-hydroxylation sites is 2. The number of carboxylic acid groups (broad SMARTS) is 1. The van der Waals surface area contributed by atoms with E-state index in [2.05, 4.69) is 9.55 Å². The minimum atomic E-state index is -5.08. The maximum absolute atomic E-state index is 11.2. The minimum absolute atomic E-state index is 0.423. The number of hydroxylamine groups is 1. The van der Waals surface area contributed by atoms with Gasteiger partial charge in [-0.3, -0.25) is 10.0 Å². The maximum atomic E-state index is 11.2. The number of aromatic nitrogens is 2. The second kappa shape index (κ2) is 8.32. The van der Waals surface area contributed by atoms with Crippen LogP contribution < -0.4 is 5.48 Å². The second-order valence-corrected chi connectivity index (χ2v) is 5.30. The molecule has 0 aliphatic heterocycles. The maximum Gasteiger partial charge on any atom is 0.490 e. The first-order chi connectivity index (χ1) is 12.7. The molecule has 0 atom stereocenters. The van der Waals surface area contributed by atoms with E-state index in [9.17, 15) is 18.0 Å². The average Bonchev–Trinajstić information content (AvgIpc) is 3.04. The van der Waals surface area contributed by atoms with Crippen LogP contribution in [0.4, 0.5) is 13.2 Å². The Morgan fingerprint density at radius 1 is 1.07 bits per heavy atom. The summed E-state index contributed by atoms with van der Waals surface area (Å²) < 4.78 is 33.8. The highest BCUT2D eigenvalue weighted by Gasteiger charge is 2.38. The van der Waals surface area contributed by atoms with Crippen molar-refractivity contribution >= 4 is 22.9 Å². The lowest BCUT2D eigenvalue weighted by molar-refractivity contribution is -0.192. The van der Waals surface area contributed by atoms with Crippen LogP contribution in [0.25, 0.3) is 11.0 Å². The third-order valence-corrected chi connectivity index (χ3v) is 3.44. The van der Waals surface area contributed by atoms with E-state index in [1.165, 1.54) is 0 Å². The molecule has 7 nitrogen and oxygen atoms in total. The van der Waals surface area contributed by atoms with Gasteiger partial charge in [0.15, 0.2) is 0 Å². The first-order valence-electron chi connectivity index (χ1n) is 7.45. The van der Waals surface area contributed by atoms with Gasteiger partial charge in [0.2, 0.25) is 0 Å². The van der Waals surface area contributed by atoms with Gasteiger partial charge in [-0.05, 0) is 29.8 Å². The molecule has 0 radical (unpaired) electrons. The van der Waals surface area contributed by atoms with Crippen LogP contribution in [0.2, 0.25) is 0 Å². The summed E-state index contributed by atoms with van der Waals surface area (Å²) in [6.07, 6.45) is -3.28. The number of rotatable bonds is 3. The molecule has 142 valence electrons. The van der Waals surface area contributed by atoms with Crippen LogP contribution >= 0.6 is 0 Å². The molecule has 0 spiro atoms. The number of carbonyl (C=O) groups excluding carboxylic acids is 1. The lowest BCUT2D eigenvalue weighted by Gasteiger charge is -2.05. The van der Waals surface area contributed by atoms with Crippen LogP contribution in [-0.2, 0) is 11.3 Å². The van der Waals surface area contributed by atoms with E-state index in [1.54, 1.807) is 23.9 Å². The number of carbonyl (C=O) groups is 2. The fourth-order valence-corrected chi connectivity index (χ4v) is 2.16. The zero-order valence-electron chi connectivity index (χ0n) is 13.6. The van der Waals surface area contributed by atoms with Crippen LogP contribution in [-0.4, -0.2) is 37.9 Å². The number of fused-ring (bicyclic) bond motifs is 1. The highest BCUT2D eigenvalue weighted by atomic mass is 19.4. The van der Waals surface area contributed by atoms with Crippen molar-refractivity contribution in [1.82, 2.24) is 15.0 Å². The summed E-state index contributed by atoms with van der Waals surface area (Å²) in [4.78, 5) is 24.5. The number of hydrogen-bond acceptors (Lipinski definition) is 4. The molecule has 27 heavy (non-hydrogen) atoms. The fraction of sp³-hybridized carbons (Fsp3) is 0.118. The predicted molar refractivity (Wildman–Crippen MR) is 88.2 cm³/mol. The van der Waals surface area contributed by atoms with Crippen molar-refractivity contribution in [3.8, 4) is 0 Å². The molecule has 3 aromatic rings. The number of nitrogens with one attached hydrogen (secondary N) is 1. The standard InChI is InChI=1S/C15H13N3O2.C2HF3O2/c19-15(17-20)12-7-5-11(6-8-12)9-18-10-16-13-3-1-2-4-14(13)18;3-2(4,5)1(6)7/h1-8,10,20H,9H2,(H,17,19);(H,6,7). The molecule has 1 heterocycles. The van der Waals surface area contributed by atoms with Crippen molar-refractivity contribution in [2.24, 2.45) is 0 Å². The van der Waals surface area contributed by atoms with E-state index in [4.69, 9.17) is 15.1 Å². The molecule has 0 saturated carbocycles. The number of nitrogens with zero attached hydrogens (tertiary/aromatic N) is 2. The monoisotopic (exact) mass is 381 g/mol. The van der Waals surface area contributed by atoms with E-state index >= 15 is 0 Å². The topological polar surface area (TPSA) is 104 Å². The normalized spacial score (nSPS) is 10.8. The van der Waals surface area contributed by atoms with Crippen LogP contribution in [0.3, 0.4) is 0 Å². The third kappa shape index (κ3) is 5.28. The van der Waals surface area contributed by atoms with Gasteiger partial charge in [-0.25, -0.2) is 15.3 Å². The summed E-state index contributed by atoms with van der Waals surface area (Å²) in [7, 11) is 0. The van der Waals surface area contributed by atoms with Gasteiger partial charge in [0.25, 0.3) is 5.91 Å². The summed E-state index contributed by atoms with van der Waals surface area (Å²) in [6, 6.07) is 15.0. The average molecular weight is 381 g/mol. The Balaban J connectivity index is 0.000000321. The quantitative estimate of drug-likeness (QED) is 0.478. The van der Waals surface area contributed by atoms with Gasteiger partial charge in [0.05, 0.1) is 17.4 Å². The summed E-state index contributed by atoms with van der Waals surface area (Å²) in [5, 5.41) is 15.7. The summed E-state index contributed by atoms with van der Waals surface area (Å²) in [5.74, 6) is -3.27. The second-order valence-electron chi connectivity index (χ2n) is 5.30. The first-order valence-corrected chi connectivity index (χ1v) is 7.45. The van der Waals surface area contributed by atoms with E-state index in [0.29, 0.717) is 12.1 Å². The molecule has 1 amide bonds. The number of imidazole rings is 1. The van der Waals surface area contributed by atoms with Crippen molar-refractivity contribution in [2.75, 3.05) is 0 Å². The molecular formula is C17H14F3N3O4. The molecule has 3 N–H and O–H groups in total. The van der Waals surface area contributed by atoms with Crippen LogP contribution in [0.5, 0.6) is 0 Å². The van der Waals surface area contributed by atoms with Crippen molar-refractivity contribution < 1.29 is 33.1 Å². The molecule has 0 aliphatic rings. The number of benzene rings is 2.